The molecule has 19 heavy (non-hydrogen) atoms. The van der Waals surface area contributed by atoms with E-state index in [1.807, 2.05) is 0 Å². The lowest BCUT2D eigenvalue weighted by atomic mass is 10.4. The molecule has 0 radical (unpaired) electrons. The molecule has 0 atom stereocenters. The highest BCUT2D eigenvalue weighted by atomic mass is 35.5. The zero-order chi connectivity index (χ0) is 13.7. The molecule has 0 fully saturated rings. The molecule has 7 heteroatoms. The summed E-state index contributed by atoms with van der Waals surface area (Å²) in [5.74, 6) is 5.42. The van der Waals surface area contributed by atoms with Crippen molar-refractivity contribution < 1.29 is 9.90 Å². The number of aliphatic hydroxyl groups is 1. The van der Waals surface area contributed by atoms with E-state index in [-0.39, 0.29) is 12.5 Å². The van der Waals surface area contributed by atoms with Crippen molar-refractivity contribution in [3.05, 3.63) is 32.4 Å². The van der Waals surface area contributed by atoms with E-state index in [1.165, 1.54) is 22.7 Å². The number of halogens is 1. The van der Waals surface area contributed by atoms with Crippen molar-refractivity contribution in [2.24, 2.45) is 0 Å². The zero-order valence-electron chi connectivity index (χ0n) is 9.64. The molecular formula is C12H9ClN2O2S2. The maximum atomic E-state index is 11.8. The standard InChI is InChI=1S/C12H9ClN2O2S2/c13-10-5-4-9(19-10)11(17)15-12-14-7-8(18-12)3-1-2-6-16/h4-5,7,16H,2,6H2,(H,14,15,17). The molecule has 0 spiro atoms. The molecule has 0 aliphatic heterocycles. The van der Waals surface area contributed by atoms with Crippen LogP contribution in [0.5, 0.6) is 0 Å². The third-order valence-corrected chi connectivity index (χ3v) is 4.03. The number of carbonyl (C=O) groups is 1. The van der Waals surface area contributed by atoms with Gasteiger partial charge in [0.15, 0.2) is 5.13 Å². The second-order valence-corrected chi connectivity index (χ2v) is 6.11. The van der Waals surface area contributed by atoms with Gasteiger partial charge in [-0.25, -0.2) is 4.98 Å². The molecule has 0 unspecified atom stereocenters. The van der Waals surface area contributed by atoms with E-state index in [4.69, 9.17) is 16.7 Å². The lowest BCUT2D eigenvalue weighted by Gasteiger charge is -1.96. The molecule has 4 nitrogen and oxygen atoms in total. The molecule has 0 aliphatic carbocycles. The van der Waals surface area contributed by atoms with Crippen LogP contribution in [-0.4, -0.2) is 22.6 Å². The summed E-state index contributed by atoms with van der Waals surface area (Å²) in [6.07, 6.45) is 2.01. The van der Waals surface area contributed by atoms with E-state index in [9.17, 15) is 4.79 Å². The predicted octanol–water partition coefficient (Wildman–Crippen LogP) is 2.84. The summed E-state index contributed by atoms with van der Waals surface area (Å²) in [6.45, 7) is 0.0362. The monoisotopic (exact) mass is 312 g/mol. The maximum Gasteiger partial charge on any atom is 0.267 e. The van der Waals surface area contributed by atoms with Crippen molar-refractivity contribution in [1.82, 2.24) is 4.98 Å². The number of thiazole rings is 1. The summed E-state index contributed by atoms with van der Waals surface area (Å²) in [5.41, 5.74) is 0. The normalized spacial score (nSPS) is 9.79. The van der Waals surface area contributed by atoms with Gasteiger partial charge in [-0.15, -0.1) is 11.3 Å². The van der Waals surface area contributed by atoms with Crippen LogP contribution in [0.3, 0.4) is 0 Å². The van der Waals surface area contributed by atoms with Gasteiger partial charge < -0.3 is 5.11 Å². The van der Waals surface area contributed by atoms with Crippen LogP contribution < -0.4 is 5.32 Å². The highest BCUT2D eigenvalue weighted by molar-refractivity contribution is 7.18. The van der Waals surface area contributed by atoms with Crippen LogP contribution in [0.4, 0.5) is 5.13 Å². The van der Waals surface area contributed by atoms with Gasteiger partial charge in [-0.1, -0.05) is 34.8 Å². The highest BCUT2D eigenvalue weighted by Gasteiger charge is 2.10. The zero-order valence-corrected chi connectivity index (χ0v) is 12.0. The Morgan fingerprint density at radius 3 is 3.00 bits per heavy atom. The fraction of sp³-hybridized carbons (Fsp3) is 0.167. The van der Waals surface area contributed by atoms with Crippen molar-refractivity contribution in [3.63, 3.8) is 0 Å². The van der Waals surface area contributed by atoms with Crippen LogP contribution in [0.1, 0.15) is 21.0 Å². The maximum absolute atomic E-state index is 11.8. The van der Waals surface area contributed by atoms with Gasteiger partial charge in [0.25, 0.3) is 5.91 Å². The number of amides is 1. The third kappa shape index (κ3) is 4.04. The van der Waals surface area contributed by atoms with E-state index in [0.717, 1.165) is 4.88 Å². The van der Waals surface area contributed by atoms with Crippen molar-refractivity contribution >= 4 is 45.3 Å². The molecule has 2 aromatic rings. The first kappa shape index (κ1) is 14.0. The first-order valence-corrected chi connectivity index (χ1v) is 7.32. The Labute approximate surface area is 123 Å². The van der Waals surface area contributed by atoms with Crippen LogP contribution in [0.15, 0.2) is 18.3 Å². The largest absolute Gasteiger partial charge is 0.395 e. The third-order valence-electron chi connectivity index (χ3n) is 1.97. The lowest BCUT2D eigenvalue weighted by Crippen LogP contribution is -2.09. The minimum absolute atomic E-state index is 0.0362. The number of aromatic nitrogens is 1. The molecule has 0 bridgehead atoms. The topological polar surface area (TPSA) is 62.2 Å². The molecular weight excluding hydrogens is 304 g/mol. The van der Waals surface area contributed by atoms with Crippen LogP contribution in [0.25, 0.3) is 0 Å². The van der Waals surface area contributed by atoms with Crippen molar-refractivity contribution in [2.45, 2.75) is 6.42 Å². The smallest absolute Gasteiger partial charge is 0.267 e. The van der Waals surface area contributed by atoms with Gasteiger partial charge in [0.05, 0.1) is 26.9 Å². The summed E-state index contributed by atoms with van der Waals surface area (Å²) in [4.78, 5) is 17.2. The molecule has 0 aromatic carbocycles. The average Bonchev–Trinajstić information content (AvgIpc) is 2.99. The Morgan fingerprint density at radius 1 is 1.47 bits per heavy atom. The number of hydrogen-bond acceptors (Lipinski definition) is 5. The van der Waals surface area contributed by atoms with E-state index in [2.05, 4.69) is 22.1 Å². The number of hydrogen-bond donors (Lipinski definition) is 2. The van der Waals surface area contributed by atoms with Crippen molar-refractivity contribution in [1.29, 1.82) is 0 Å². The Balaban J connectivity index is 2.00. The minimum atomic E-state index is -0.235. The highest BCUT2D eigenvalue weighted by Crippen LogP contribution is 2.23. The Hall–Kier alpha value is -1.39. The van der Waals surface area contributed by atoms with Gasteiger partial charge >= 0.3 is 0 Å². The van der Waals surface area contributed by atoms with Crippen LogP contribution in [0, 0.1) is 11.8 Å². The minimum Gasteiger partial charge on any atom is -0.395 e. The molecule has 2 heterocycles. The van der Waals surface area contributed by atoms with Crippen LogP contribution in [-0.2, 0) is 0 Å². The Kier molecular flexibility index (Phi) is 4.93. The molecule has 0 saturated carbocycles. The molecule has 98 valence electrons. The fourth-order valence-corrected chi connectivity index (χ4v) is 2.81. The number of aliphatic hydroxyl groups excluding tert-OH is 1. The van der Waals surface area contributed by atoms with E-state index < -0.39 is 0 Å². The number of anilines is 1. The van der Waals surface area contributed by atoms with E-state index in [1.54, 1.807) is 18.3 Å². The van der Waals surface area contributed by atoms with Crippen molar-refractivity contribution in [2.75, 3.05) is 11.9 Å². The summed E-state index contributed by atoms with van der Waals surface area (Å²) in [5, 5.41) is 11.8. The van der Waals surface area contributed by atoms with Crippen LogP contribution in [0.2, 0.25) is 4.34 Å². The molecule has 2 aromatic heterocycles. The second-order valence-electron chi connectivity index (χ2n) is 3.36. The van der Waals surface area contributed by atoms with E-state index in [0.29, 0.717) is 20.8 Å². The predicted molar refractivity (Wildman–Crippen MR) is 78.0 cm³/mol. The Morgan fingerprint density at radius 2 is 2.32 bits per heavy atom. The van der Waals surface area contributed by atoms with Crippen LogP contribution >= 0.6 is 34.3 Å². The summed E-state index contributed by atoms with van der Waals surface area (Å²) in [6, 6.07) is 3.34. The van der Waals surface area contributed by atoms with Gasteiger partial charge in [0.1, 0.15) is 0 Å². The number of nitrogens with one attached hydrogen (secondary N) is 1. The quantitative estimate of drug-likeness (QED) is 0.857. The number of nitrogens with zero attached hydrogens (tertiary/aromatic N) is 1. The summed E-state index contributed by atoms with van der Waals surface area (Å²) < 4.78 is 0.569. The average molecular weight is 313 g/mol. The summed E-state index contributed by atoms with van der Waals surface area (Å²) >= 11 is 8.27. The molecule has 0 saturated heterocycles. The molecule has 2 N–H and O–H groups in total. The molecule has 2 rings (SSSR count). The number of carbonyl (C=O) groups excluding carboxylic acids is 1. The van der Waals surface area contributed by atoms with Crippen molar-refractivity contribution in [3.8, 4) is 11.8 Å². The van der Waals surface area contributed by atoms with Gasteiger partial charge in [-0.3, -0.25) is 10.1 Å². The van der Waals surface area contributed by atoms with E-state index >= 15 is 0 Å². The summed E-state index contributed by atoms with van der Waals surface area (Å²) in [7, 11) is 0. The SMILES string of the molecule is O=C(Nc1ncc(C#CCCO)s1)c1ccc(Cl)s1. The first-order chi connectivity index (χ1) is 9.19. The number of rotatable bonds is 3. The molecule has 0 aliphatic rings. The fourth-order valence-electron chi connectivity index (χ4n) is 1.19. The number of thiophene rings is 1. The van der Waals surface area contributed by atoms with Gasteiger partial charge in [-0.05, 0) is 12.1 Å². The Bertz CT molecular complexity index is 639. The molecule has 1 amide bonds. The van der Waals surface area contributed by atoms with Gasteiger partial charge in [0, 0.05) is 6.42 Å². The van der Waals surface area contributed by atoms with Gasteiger partial charge in [0.2, 0.25) is 0 Å². The lowest BCUT2D eigenvalue weighted by molar-refractivity contribution is 0.103. The first-order valence-electron chi connectivity index (χ1n) is 5.31. The second kappa shape index (κ2) is 6.68. The van der Waals surface area contributed by atoms with Gasteiger partial charge in [-0.2, -0.15) is 0 Å².